The smallest absolute Gasteiger partial charge is 0.319 e. The summed E-state index contributed by atoms with van der Waals surface area (Å²) in [5.74, 6) is 1.78. The van der Waals surface area contributed by atoms with Crippen molar-refractivity contribution in [3.05, 3.63) is 11.6 Å². The summed E-state index contributed by atoms with van der Waals surface area (Å²) in [5.41, 5.74) is 0. The standard InChI is InChI=1S/C14H25N5O3/c1-17(2)14(21)18-6-4-11(5-7-18)13-15-12(10-22-3)16-19(13)8-9-20/h11,20H,4-10H2,1-3H3. The van der Waals surface area contributed by atoms with Crippen LogP contribution in [0, 0.1) is 0 Å². The first-order valence-electron chi connectivity index (χ1n) is 7.56. The van der Waals surface area contributed by atoms with Gasteiger partial charge in [-0.1, -0.05) is 0 Å². The highest BCUT2D eigenvalue weighted by molar-refractivity contribution is 5.73. The highest BCUT2D eigenvalue weighted by Gasteiger charge is 2.28. The number of methoxy groups -OCH3 is 1. The molecular weight excluding hydrogens is 286 g/mol. The Hall–Kier alpha value is -1.67. The molecule has 0 spiro atoms. The zero-order valence-electron chi connectivity index (χ0n) is 13.5. The van der Waals surface area contributed by atoms with E-state index in [4.69, 9.17) is 4.74 Å². The van der Waals surface area contributed by atoms with E-state index in [2.05, 4.69) is 10.1 Å². The molecule has 0 aromatic carbocycles. The molecule has 0 saturated carbocycles. The Balaban J connectivity index is 2.05. The Morgan fingerprint density at radius 3 is 2.64 bits per heavy atom. The van der Waals surface area contributed by atoms with Crippen LogP contribution >= 0.6 is 0 Å². The molecule has 1 aliphatic heterocycles. The van der Waals surface area contributed by atoms with E-state index in [1.165, 1.54) is 0 Å². The van der Waals surface area contributed by atoms with Gasteiger partial charge in [0.1, 0.15) is 12.4 Å². The summed E-state index contributed by atoms with van der Waals surface area (Å²) in [5, 5.41) is 13.6. The minimum absolute atomic E-state index is 0.0285. The van der Waals surface area contributed by atoms with Gasteiger partial charge in [0.2, 0.25) is 0 Å². The van der Waals surface area contributed by atoms with Crippen LogP contribution in [0.4, 0.5) is 4.79 Å². The molecule has 0 radical (unpaired) electrons. The normalized spacial score (nSPS) is 16.1. The van der Waals surface area contributed by atoms with Gasteiger partial charge in [-0.3, -0.25) is 0 Å². The highest BCUT2D eigenvalue weighted by Crippen LogP contribution is 2.27. The van der Waals surface area contributed by atoms with Crippen LogP contribution in [0.2, 0.25) is 0 Å². The number of hydrogen-bond donors (Lipinski definition) is 1. The van der Waals surface area contributed by atoms with Gasteiger partial charge in [-0.05, 0) is 12.8 Å². The minimum atomic E-state index is 0.0285. The molecule has 1 aromatic rings. The lowest BCUT2D eigenvalue weighted by molar-refractivity contribution is 0.154. The van der Waals surface area contributed by atoms with Crippen LogP contribution in [-0.2, 0) is 17.9 Å². The van der Waals surface area contributed by atoms with E-state index in [0.29, 0.717) is 32.1 Å². The summed E-state index contributed by atoms with van der Waals surface area (Å²) in [7, 11) is 5.14. The van der Waals surface area contributed by atoms with Crippen molar-refractivity contribution in [2.24, 2.45) is 0 Å². The van der Waals surface area contributed by atoms with Crippen molar-refractivity contribution < 1.29 is 14.6 Å². The quantitative estimate of drug-likeness (QED) is 0.844. The maximum atomic E-state index is 12.0. The van der Waals surface area contributed by atoms with Crippen LogP contribution in [0.1, 0.15) is 30.4 Å². The lowest BCUT2D eigenvalue weighted by atomic mass is 9.96. The highest BCUT2D eigenvalue weighted by atomic mass is 16.5. The third-order valence-electron chi connectivity index (χ3n) is 3.84. The Kier molecular flexibility index (Phi) is 5.73. The number of aliphatic hydroxyl groups excluding tert-OH is 1. The predicted octanol–water partition coefficient (Wildman–Crippen LogP) is 0.278. The minimum Gasteiger partial charge on any atom is -0.394 e. The maximum absolute atomic E-state index is 12.0. The number of carbonyl (C=O) groups is 1. The summed E-state index contributed by atoms with van der Waals surface area (Å²) in [6, 6.07) is 0.0512. The lowest BCUT2D eigenvalue weighted by Gasteiger charge is -2.33. The molecule has 124 valence electrons. The summed E-state index contributed by atoms with van der Waals surface area (Å²) < 4.78 is 6.84. The Morgan fingerprint density at radius 2 is 2.09 bits per heavy atom. The number of hydrogen-bond acceptors (Lipinski definition) is 5. The Bertz CT molecular complexity index is 495. The van der Waals surface area contributed by atoms with Crippen molar-refractivity contribution in [3.8, 4) is 0 Å². The average molecular weight is 311 g/mol. The van der Waals surface area contributed by atoms with Gasteiger partial charge in [0, 0.05) is 40.2 Å². The summed E-state index contributed by atoms with van der Waals surface area (Å²) in [4.78, 5) is 20.0. The molecule has 0 unspecified atom stereocenters. The van der Waals surface area contributed by atoms with E-state index in [0.717, 1.165) is 18.7 Å². The molecule has 1 aliphatic rings. The first-order valence-corrected chi connectivity index (χ1v) is 7.56. The molecule has 1 aromatic heterocycles. The number of rotatable bonds is 5. The Morgan fingerprint density at radius 1 is 1.41 bits per heavy atom. The van der Waals surface area contributed by atoms with E-state index in [1.54, 1.807) is 30.8 Å². The zero-order chi connectivity index (χ0) is 16.1. The molecule has 1 saturated heterocycles. The van der Waals surface area contributed by atoms with Crippen LogP contribution < -0.4 is 0 Å². The van der Waals surface area contributed by atoms with Gasteiger partial charge < -0.3 is 19.6 Å². The second-order valence-corrected chi connectivity index (χ2v) is 5.70. The molecule has 22 heavy (non-hydrogen) atoms. The first-order chi connectivity index (χ1) is 10.6. The molecule has 8 nitrogen and oxygen atoms in total. The van der Waals surface area contributed by atoms with E-state index < -0.39 is 0 Å². The summed E-state index contributed by atoms with van der Waals surface area (Å²) >= 11 is 0. The molecule has 2 heterocycles. The second kappa shape index (κ2) is 7.55. The molecule has 8 heteroatoms. The van der Waals surface area contributed by atoms with Crippen LogP contribution in [-0.4, -0.2) is 76.6 Å². The number of carbonyl (C=O) groups excluding carboxylic acids is 1. The van der Waals surface area contributed by atoms with Gasteiger partial charge in [0.25, 0.3) is 0 Å². The fraction of sp³-hybridized carbons (Fsp3) is 0.786. The molecule has 1 N–H and O–H groups in total. The largest absolute Gasteiger partial charge is 0.394 e. The van der Waals surface area contributed by atoms with E-state index >= 15 is 0 Å². The van der Waals surface area contributed by atoms with Crippen molar-refractivity contribution in [2.75, 3.05) is 40.9 Å². The number of likely N-dealkylation sites (tertiary alicyclic amines) is 1. The molecule has 0 atom stereocenters. The topological polar surface area (TPSA) is 83.7 Å². The Labute approximate surface area is 130 Å². The maximum Gasteiger partial charge on any atom is 0.319 e. The number of amides is 2. The van der Waals surface area contributed by atoms with Gasteiger partial charge in [-0.15, -0.1) is 0 Å². The summed E-state index contributed by atoms with van der Waals surface area (Å²) in [6.07, 6.45) is 1.71. The molecule has 0 aliphatic carbocycles. The van der Waals surface area contributed by atoms with Crippen molar-refractivity contribution >= 4 is 6.03 Å². The molecule has 2 amide bonds. The van der Waals surface area contributed by atoms with E-state index in [1.807, 2.05) is 4.90 Å². The SMILES string of the molecule is COCc1nc(C2CCN(C(=O)N(C)C)CC2)n(CCO)n1. The van der Waals surface area contributed by atoms with Crippen LogP contribution in [0.5, 0.6) is 0 Å². The average Bonchev–Trinajstić information content (AvgIpc) is 2.90. The van der Waals surface area contributed by atoms with Crippen molar-refractivity contribution in [2.45, 2.75) is 31.9 Å². The predicted molar refractivity (Wildman–Crippen MR) is 80.5 cm³/mol. The van der Waals surface area contributed by atoms with Crippen LogP contribution in [0.25, 0.3) is 0 Å². The number of ether oxygens (including phenoxy) is 1. The number of aliphatic hydroxyl groups is 1. The molecule has 0 bridgehead atoms. The fourth-order valence-electron chi connectivity index (χ4n) is 2.77. The zero-order valence-corrected chi connectivity index (χ0v) is 13.5. The van der Waals surface area contributed by atoms with Crippen molar-refractivity contribution in [1.29, 1.82) is 0 Å². The fourth-order valence-corrected chi connectivity index (χ4v) is 2.77. The van der Waals surface area contributed by atoms with Crippen LogP contribution in [0.15, 0.2) is 0 Å². The first kappa shape index (κ1) is 16.7. The third kappa shape index (κ3) is 3.75. The van der Waals surface area contributed by atoms with Gasteiger partial charge in [0.15, 0.2) is 5.82 Å². The van der Waals surface area contributed by atoms with Gasteiger partial charge in [-0.25, -0.2) is 14.5 Å². The van der Waals surface area contributed by atoms with Crippen LogP contribution in [0.3, 0.4) is 0 Å². The van der Waals surface area contributed by atoms with Gasteiger partial charge >= 0.3 is 6.03 Å². The monoisotopic (exact) mass is 311 g/mol. The third-order valence-corrected chi connectivity index (χ3v) is 3.84. The number of urea groups is 1. The number of nitrogens with zero attached hydrogens (tertiary/aromatic N) is 5. The van der Waals surface area contributed by atoms with E-state index in [-0.39, 0.29) is 18.6 Å². The number of piperidine rings is 1. The lowest BCUT2D eigenvalue weighted by Crippen LogP contribution is -2.43. The molecular formula is C14H25N5O3. The molecule has 2 rings (SSSR count). The molecule has 1 fully saturated rings. The van der Waals surface area contributed by atoms with Crippen molar-refractivity contribution in [3.63, 3.8) is 0 Å². The van der Waals surface area contributed by atoms with Gasteiger partial charge in [0.05, 0.1) is 13.2 Å². The van der Waals surface area contributed by atoms with E-state index in [9.17, 15) is 9.90 Å². The van der Waals surface area contributed by atoms with Gasteiger partial charge in [-0.2, -0.15) is 5.10 Å². The second-order valence-electron chi connectivity index (χ2n) is 5.70. The van der Waals surface area contributed by atoms with Crippen molar-refractivity contribution in [1.82, 2.24) is 24.6 Å². The number of aromatic nitrogens is 3. The summed E-state index contributed by atoms with van der Waals surface area (Å²) in [6.45, 7) is 2.26.